The van der Waals surface area contributed by atoms with E-state index in [-0.39, 0.29) is 23.6 Å². The van der Waals surface area contributed by atoms with Crippen molar-refractivity contribution in [3.05, 3.63) is 69.6 Å². The van der Waals surface area contributed by atoms with Crippen molar-refractivity contribution in [2.75, 3.05) is 7.05 Å². The Kier molecular flexibility index (Phi) is 5.21. The van der Waals surface area contributed by atoms with Crippen LogP contribution in [-0.4, -0.2) is 32.6 Å². The van der Waals surface area contributed by atoms with Crippen molar-refractivity contribution in [3.63, 3.8) is 0 Å². The molecule has 1 amide bonds. The fourth-order valence-corrected chi connectivity index (χ4v) is 3.15. The van der Waals surface area contributed by atoms with E-state index in [0.717, 1.165) is 23.2 Å². The standard InChI is InChI=1S/C20H22N4O3/c1-5-18-13(2)9-16(20(26)24(18)4)19(25)23(3)12-15-10-17(22-27-15)14-7-6-8-21-11-14/h6-11H,5,12H2,1-4H3. The van der Waals surface area contributed by atoms with Gasteiger partial charge < -0.3 is 14.0 Å². The molecule has 0 saturated heterocycles. The number of carbonyl (C=O) groups is 1. The molecule has 0 saturated carbocycles. The lowest BCUT2D eigenvalue weighted by Gasteiger charge is -2.17. The first kappa shape index (κ1) is 18.6. The Labute approximate surface area is 157 Å². The van der Waals surface area contributed by atoms with Crippen molar-refractivity contribution in [2.45, 2.75) is 26.8 Å². The van der Waals surface area contributed by atoms with Crippen LogP contribution in [0.4, 0.5) is 0 Å². The number of aryl methyl sites for hydroxylation is 1. The Bertz CT molecular complexity index is 1020. The van der Waals surface area contributed by atoms with E-state index in [9.17, 15) is 9.59 Å². The smallest absolute Gasteiger partial charge is 0.263 e. The molecule has 27 heavy (non-hydrogen) atoms. The van der Waals surface area contributed by atoms with Gasteiger partial charge in [0, 0.05) is 43.8 Å². The summed E-state index contributed by atoms with van der Waals surface area (Å²) in [5.41, 5.74) is 3.20. The zero-order valence-corrected chi connectivity index (χ0v) is 15.9. The van der Waals surface area contributed by atoms with Gasteiger partial charge in [0.15, 0.2) is 5.76 Å². The zero-order valence-electron chi connectivity index (χ0n) is 15.9. The van der Waals surface area contributed by atoms with Crippen LogP contribution in [0.2, 0.25) is 0 Å². The summed E-state index contributed by atoms with van der Waals surface area (Å²) in [5.74, 6) is 0.184. The fourth-order valence-electron chi connectivity index (χ4n) is 3.15. The Morgan fingerprint density at radius 2 is 2.11 bits per heavy atom. The predicted octanol–water partition coefficient (Wildman–Crippen LogP) is 2.58. The highest BCUT2D eigenvalue weighted by atomic mass is 16.5. The summed E-state index contributed by atoms with van der Waals surface area (Å²) in [7, 11) is 3.33. The van der Waals surface area contributed by atoms with E-state index < -0.39 is 0 Å². The average molecular weight is 366 g/mol. The summed E-state index contributed by atoms with van der Waals surface area (Å²) < 4.78 is 6.88. The Balaban J connectivity index is 1.81. The van der Waals surface area contributed by atoms with Crippen molar-refractivity contribution in [1.82, 2.24) is 19.6 Å². The minimum atomic E-state index is -0.347. The number of amides is 1. The maximum absolute atomic E-state index is 12.8. The van der Waals surface area contributed by atoms with Gasteiger partial charge in [0.2, 0.25) is 0 Å². The quantitative estimate of drug-likeness (QED) is 0.693. The molecule has 0 bridgehead atoms. The molecule has 0 aromatic carbocycles. The molecule has 140 valence electrons. The number of nitrogens with zero attached hydrogens (tertiary/aromatic N) is 4. The number of rotatable bonds is 5. The van der Waals surface area contributed by atoms with E-state index >= 15 is 0 Å². The molecular weight excluding hydrogens is 344 g/mol. The lowest BCUT2D eigenvalue weighted by Crippen LogP contribution is -2.34. The molecule has 7 heteroatoms. The Hall–Kier alpha value is -3.22. The topological polar surface area (TPSA) is 81.2 Å². The van der Waals surface area contributed by atoms with Gasteiger partial charge in [-0.1, -0.05) is 12.1 Å². The lowest BCUT2D eigenvalue weighted by molar-refractivity contribution is 0.0769. The molecule has 0 spiro atoms. The van der Waals surface area contributed by atoms with E-state index in [1.54, 1.807) is 43.2 Å². The maximum atomic E-state index is 12.8. The number of hydrogen-bond donors (Lipinski definition) is 0. The van der Waals surface area contributed by atoms with Crippen molar-refractivity contribution in [1.29, 1.82) is 0 Å². The third-order valence-corrected chi connectivity index (χ3v) is 4.58. The van der Waals surface area contributed by atoms with Crippen LogP contribution >= 0.6 is 0 Å². The van der Waals surface area contributed by atoms with Gasteiger partial charge in [-0.15, -0.1) is 0 Å². The monoisotopic (exact) mass is 366 g/mol. The SMILES string of the molecule is CCc1c(C)cc(C(=O)N(C)Cc2cc(-c3cccnc3)no2)c(=O)n1C. The summed E-state index contributed by atoms with van der Waals surface area (Å²) in [6.45, 7) is 4.11. The number of pyridine rings is 2. The normalized spacial score (nSPS) is 10.8. The minimum absolute atomic E-state index is 0.154. The second-order valence-electron chi connectivity index (χ2n) is 6.49. The Morgan fingerprint density at radius 3 is 2.78 bits per heavy atom. The molecule has 0 aliphatic heterocycles. The molecular formula is C20H22N4O3. The lowest BCUT2D eigenvalue weighted by atomic mass is 10.1. The molecule has 0 N–H and O–H groups in total. The molecule has 0 aliphatic carbocycles. The molecule has 3 rings (SSSR count). The second kappa shape index (κ2) is 7.57. The third-order valence-electron chi connectivity index (χ3n) is 4.58. The second-order valence-corrected chi connectivity index (χ2v) is 6.49. The van der Waals surface area contributed by atoms with Crippen molar-refractivity contribution in [3.8, 4) is 11.3 Å². The van der Waals surface area contributed by atoms with E-state index in [1.807, 2.05) is 26.0 Å². The highest BCUT2D eigenvalue weighted by Gasteiger charge is 2.20. The molecule has 0 fully saturated rings. The Morgan fingerprint density at radius 1 is 1.33 bits per heavy atom. The van der Waals surface area contributed by atoms with Crippen molar-refractivity contribution < 1.29 is 9.32 Å². The highest BCUT2D eigenvalue weighted by Crippen LogP contribution is 2.19. The number of hydrogen-bond acceptors (Lipinski definition) is 5. The first-order chi connectivity index (χ1) is 12.9. The van der Waals surface area contributed by atoms with E-state index in [2.05, 4.69) is 10.1 Å². The number of aromatic nitrogens is 3. The highest BCUT2D eigenvalue weighted by molar-refractivity contribution is 5.93. The zero-order chi connectivity index (χ0) is 19.6. The van der Waals surface area contributed by atoms with Gasteiger partial charge >= 0.3 is 0 Å². The third kappa shape index (κ3) is 3.67. The van der Waals surface area contributed by atoms with Gasteiger partial charge in [-0.25, -0.2) is 0 Å². The van der Waals surface area contributed by atoms with Crippen LogP contribution in [0.1, 0.15) is 34.3 Å². The van der Waals surface area contributed by atoms with Crippen molar-refractivity contribution in [2.24, 2.45) is 7.05 Å². The summed E-state index contributed by atoms with van der Waals surface area (Å²) in [6.07, 6.45) is 4.11. The van der Waals surface area contributed by atoms with Crippen LogP contribution in [0, 0.1) is 6.92 Å². The van der Waals surface area contributed by atoms with Crippen LogP contribution in [0.3, 0.4) is 0 Å². The van der Waals surface area contributed by atoms with Crippen LogP contribution in [-0.2, 0) is 20.0 Å². The summed E-state index contributed by atoms with van der Waals surface area (Å²) >= 11 is 0. The summed E-state index contributed by atoms with van der Waals surface area (Å²) in [4.78, 5) is 30.9. The first-order valence-electron chi connectivity index (χ1n) is 8.73. The van der Waals surface area contributed by atoms with Crippen LogP contribution in [0.25, 0.3) is 11.3 Å². The molecule has 0 aliphatic rings. The predicted molar refractivity (Wildman–Crippen MR) is 101 cm³/mol. The van der Waals surface area contributed by atoms with Gasteiger partial charge in [-0.05, 0) is 37.1 Å². The van der Waals surface area contributed by atoms with E-state index in [1.165, 1.54) is 4.90 Å². The average Bonchev–Trinajstić information content (AvgIpc) is 3.13. The van der Waals surface area contributed by atoms with Gasteiger partial charge in [0.05, 0.1) is 6.54 Å². The molecule has 3 heterocycles. The van der Waals surface area contributed by atoms with Gasteiger partial charge in [0.1, 0.15) is 11.3 Å². The molecule has 3 aromatic rings. The van der Waals surface area contributed by atoms with Gasteiger partial charge in [-0.2, -0.15) is 0 Å². The van der Waals surface area contributed by atoms with Crippen LogP contribution in [0.5, 0.6) is 0 Å². The van der Waals surface area contributed by atoms with Gasteiger partial charge in [0.25, 0.3) is 11.5 Å². The summed E-state index contributed by atoms with van der Waals surface area (Å²) in [5, 5.41) is 4.02. The minimum Gasteiger partial charge on any atom is -0.359 e. The van der Waals surface area contributed by atoms with Crippen molar-refractivity contribution >= 4 is 5.91 Å². The van der Waals surface area contributed by atoms with E-state index in [0.29, 0.717) is 11.5 Å². The molecule has 0 unspecified atom stereocenters. The number of carbonyl (C=O) groups excluding carboxylic acids is 1. The molecule has 0 radical (unpaired) electrons. The largest absolute Gasteiger partial charge is 0.359 e. The van der Waals surface area contributed by atoms with Gasteiger partial charge in [-0.3, -0.25) is 14.6 Å². The van der Waals surface area contributed by atoms with Crippen LogP contribution in [0.15, 0.2) is 46.0 Å². The molecule has 3 aromatic heterocycles. The maximum Gasteiger partial charge on any atom is 0.263 e. The van der Waals surface area contributed by atoms with Crippen LogP contribution < -0.4 is 5.56 Å². The summed E-state index contributed by atoms with van der Waals surface area (Å²) in [6, 6.07) is 7.13. The fraction of sp³-hybridized carbons (Fsp3) is 0.300. The first-order valence-corrected chi connectivity index (χ1v) is 8.73. The van der Waals surface area contributed by atoms with E-state index in [4.69, 9.17) is 4.52 Å². The molecule has 0 atom stereocenters. The molecule has 7 nitrogen and oxygen atoms in total.